The summed E-state index contributed by atoms with van der Waals surface area (Å²) in [4.78, 5) is 0. The van der Waals surface area contributed by atoms with E-state index in [2.05, 4.69) is 5.10 Å². The van der Waals surface area contributed by atoms with Gasteiger partial charge in [0.1, 0.15) is 6.61 Å². The van der Waals surface area contributed by atoms with E-state index in [9.17, 15) is 0 Å². The predicted molar refractivity (Wildman–Crippen MR) is 43.9 cm³/mol. The molecule has 12 heavy (non-hydrogen) atoms. The number of aliphatic hydroxyl groups is 1. The van der Waals surface area contributed by atoms with Gasteiger partial charge in [0, 0.05) is 6.54 Å². The Labute approximate surface area is 70.7 Å². The van der Waals surface area contributed by atoms with E-state index in [1.807, 2.05) is 0 Å². The minimum atomic E-state index is 0.0159. The molecule has 0 fully saturated rings. The summed E-state index contributed by atoms with van der Waals surface area (Å²) in [5, 5.41) is 12.5. The molecule has 1 aromatic rings. The summed E-state index contributed by atoms with van der Waals surface area (Å²) in [7, 11) is 0. The minimum absolute atomic E-state index is 0.0159. The van der Waals surface area contributed by atoms with Crippen molar-refractivity contribution in [1.82, 2.24) is 9.78 Å². The normalized spacial score (nSPS) is 10.2. The summed E-state index contributed by atoms with van der Waals surface area (Å²) in [5.41, 5.74) is 5.33. The lowest BCUT2D eigenvalue weighted by Crippen LogP contribution is -2.09. The first kappa shape index (κ1) is 9.02. The second-order valence-corrected chi connectivity index (χ2v) is 2.30. The first-order valence-corrected chi connectivity index (χ1v) is 3.83. The molecular formula is C7H13N3O2. The molecule has 0 saturated heterocycles. The molecule has 0 bridgehead atoms. The summed E-state index contributed by atoms with van der Waals surface area (Å²) in [6.07, 6.45) is 3.36. The van der Waals surface area contributed by atoms with Gasteiger partial charge in [0.25, 0.3) is 0 Å². The maximum Gasteiger partial charge on any atom is 0.157 e. The van der Waals surface area contributed by atoms with Gasteiger partial charge >= 0.3 is 0 Å². The molecule has 0 spiro atoms. The highest BCUT2D eigenvalue weighted by atomic mass is 16.5. The molecule has 3 N–H and O–H groups in total. The molecule has 0 unspecified atom stereocenters. The minimum Gasteiger partial charge on any atom is -0.488 e. The van der Waals surface area contributed by atoms with Gasteiger partial charge in [0.2, 0.25) is 0 Å². The lowest BCUT2D eigenvalue weighted by atomic mass is 10.6. The van der Waals surface area contributed by atoms with Gasteiger partial charge in [0.15, 0.2) is 5.75 Å². The van der Waals surface area contributed by atoms with Gasteiger partial charge < -0.3 is 15.6 Å². The Kier molecular flexibility index (Phi) is 3.56. The van der Waals surface area contributed by atoms with Gasteiger partial charge in [-0.2, -0.15) is 5.10 Å². The molecule has 0 amide bonds. The van der Waals surface area contributed by atoms with E-state index < -0.39 is 0 Å². The number of nitrogens with zero attached hydrogens (tertiary/aromatic N) is 2. The van der Waals surface area contributed by atoms with Crippen molar-refractivity contribution in [2.24, 2.45) is 5.73 Å². The zero-order valence-corrected chi connectivity index (χ0v) is 6.81. The van der Waals surface area contributed by atoms with Crippen LogP contribution < -0.4 is 10.5 Å². The number of hydrogen-bond acceptors (Lipinski definition) is 4. The van der Waals surface area contributed by atoms with Crippen LogP contribution in [-0.4, -0.2) is 34.6 Å². The maximum absolute atomic E-state index is 8.47. The molecule has 5 nitrogen and oxygen atoms in total. The maximum atomic E-state index is 8.47. The summed E-state index contributed by atoms with van der Waals surface area (Å²) < 4.78 is 6.81. The highest BCUT2D eigenvalue weighted by Crippen LogP contribution is 2.06. The van der Waals surface area contributed by atoms with Gasteiger partial charge in [-0.15, -0.1) is 0 Å². The van der Waals surface area contributed by atoms with E-state index in [0.717, 1.165) is 0 Å². The van der Waals surface area contributed by atoms with Crippen molar-refractivity contribution >= 4 is 0 Å². The quantitative estimate of drug-likeness (QED) is 0.609. The molecule has 1 rings (SSSR count). The van der Waals surface area contributed by atoms with Crippen LogP contribution in [0.3, 0.4) is 0 Å². The molecule has 0 aliphatic rings. The Balaban J connectivity index is 2.41. The number of ether oxygens (including phenoxy) is 1. The topological polar surface area (TPSA) is 73.3 Å². The van der Waals surface area contributed by atoms with Crippen LogP contribution in [0.25, 0.3) is 0 Å². The van der Waals surface area contributed by atoms with Crippen LogP contribution in [0.1, 0.15) is 0 Å². The Morgan fingerprint density at radius 1 is 1.67 bits per heavy atom. The van der Waals surface area contributed by atoms with Crippen LogP contribution in [0, 0.1) is 0 Å². The van der Waals surface area contributed by atoms with Crippen LogP contribution in [-0.2, 0) is 6.54 Å². The number of aliphatic hydroxyl groups excluding tert-OH is 1. The van der Waals surface area contributed by atoms with E-state index in [1.54, 1.807) is 17.1 Å². The third-order valence-corrected chi connectivity index (χ3v) is 1.33. The SMILES string of the molecule is NCCn1cc(OCCO)cn1. The van der Waals surface area contributed by atoms with Crippen molar-refractivity contribution in [3.8, 4) is 5.75 Å². The van der Waals surface area contributed by atoms with Crippen molar-refractivity contribution in [1.29, 1.82) is 0 Å². The lowest BCUT2D eigenvalue weighted by molar-refractivity contribution is 0.201. The fourth-order valence-electron chi connectivity index (χ4n) is 0.837. The molecule has 0 atom stereocenters. The second kappa shape index (κ2) is 4.74. The molecule has 1 aromatic heterocycles. The van der Waals surface area contributed by atoms with Crippen molar-refractivity contribution in [3.63, 3.8) is 0 Å². The van der Waals surface area contributed by atoms with Crippen LogP contribution in [0.5, 0.6) is 5.75 Å². The number of aromatic nitrogens is 2. The lowest BCUT2D eigenvalue weighted by Gasteiger charge is -1.98. The van der Waals surface area contributed by atoms with E-state index in [0.29, 0.717) is 25.4 Å². The molecule has 0 aliphatic heterocycles. The van der Waals surface area contributed by atoms with Crippen molar-refractivity contribution < 1.29 is 9.84 Å². The van der Waals surface area contributed by atoms with Gasteiger partial charge in [-0.25, -0.2) is 0 Å². The first-order chi connectivity index (χ1) is 5.86. The Morgan fingerprint density at radius 3 is 3.17 bits per heavy atom. The molecule has 5 heteroatoms. The van der Waals surface area contributed by atoms with Crippen molar-refractivity contribution in [3.05, 3.63) is 12.4 Å². The van der Waals surface area contributed by atoms with Crippen molar-refractivity contribution in [2.75, 3.05) is 19.8 Å². The van der Waals surface area contributed by atoms with Crippen molar-refractivity contribution in [2.45, 2.75) is 6.54 Å². The summed E-state index contributed by atoms with van der Waals surface area (Å²) >= 11 is 0. The highest BCUT2D eigenvalue weighted by molar-refractivity contribution is 5.11. The predicted octanol–water partition coefficient (Wildman–Crippen LogP) is -0.787. The Morgan fingerprint density at radius 2 is 2.50 bits per heavy atom. The largest absolute Gasteiger partial charge is 0.488 e. The zero-order chi connectivity index (χ0) is 8.81. The average Bonchev–Trinajstić information content (AvgIpc) is 2.50. The number of rotatable bonds is 5. The number of hydrogen-bond donors (Lipinski definition) is 2. The summed E-state index contributed by atoms with van der Waals surface area (Å²) in [6, 6.07) is 0. The summed E-state index contributed by atoms with van der Waals surface area (Å²) in [5.74, 6) is 0.664. The molecule has 0 saturated carbocycles. The van der Waals surface area contributed by atoms with Gasteiger partial charge in [-0.3, -0.25) is 4.68 Å². The van der Waals surface area contributed by atoms with Gasteiger partial charge in [-0.1, -0.05) is 0 Å². The van der Waals surface area contributed by atoms with Crippen LogP contribution in [0.4, 0.5) is 0 Å². The fourth-order valence-corrected chi connectivity index (χ4v) is 0.837. The molecule has 0 aliphatic carbocycles. The molecule has 0 radical (unpaired) electrons. The van der Waals surface area contributed by atoms with Gasteiger partial charge in [-0.05, 0) is 0 Å². The highest BCUT2D eigenvalue weighted by Gasteiger charge is 1.96. The number of nitrogens with two attached hydrogens (primary N) is 1. The van der Waals surface area contributed by atoms with Crippen LogP contribution >= 0.6 is 0 Å². The zero-order valence-electron chi connectivity index (χ0n) is 6.81. The van der Waals surface area contributed by atoms with Crippen LogP contribution in [0.2, 0.25) is 0 Å². The molecular weight excluding hydrogens is 158 g/mol. The third-order valence-electron chi connectivity index (χ3n) is 1.33. The van der Waals surface area contributed by atoms with E-state index >= 15 is 0 Å². The molecule has 1 heterocycles. The monoisotopic (exact) mass is 171 g/mol. The van der Waals surface area contributed by atoms with Gasteiger partial charge in [0.05, 0.1) is 25.5 Å². The Hall–Kier alpha value is -1.07. The van der Waals surface area contributed by atoms with E-state index in [4.69, 9.17) is 15.6 Å². The van der Waals surface area contributed by atoms with E-state index in [-0.39, 0.29) is 6.61 Å². The Bertz CT molecular complexity index is 224. The third kappa shape index (κ3) is 2.52. The standard InChI is InChI=1S/C7H13N3O2/c8-1-2-10-6-7(5-9-10)12-4-3-11/h5-6,11H,1-4,8H2. The molecule has 0 aromatic carbocycles. The summed E-state index contributed by atoms with van der Waals surface area (Å²) in [6.45, 7) is 1.56. The first-order valence-electron chi connectivity index (χ1n) is 3.83. The smallest absolute Gasteiger partial charge is 0.157 e. The fraction of sp³-hybridized carbons (Fsp3) is 0.571. The molecule has 68 valence electrons. The average molecular weight is 171 g/mol. The second-order valence-electron chi connectivity index (χ2n) is 2.30. The van der Waals surface area contributed by atoms with E-state index in [1.165, 1.54) is 0 Å². The van der Waals surface area contributed by atoms with Crippen LogP contribution in [0.15, 0.2) is 12.4 Å².